The lowest BCUT2D eigenvalue weighted by atomic mass is 9.65. The zero-order valence-corrected chi connectivity index (χ0v) is 16.8. The van der Waals surface area contributed by atoms with Gasteiger partial charge in [-0.15, -0.1) is 0 Å². The highest BCUT2D eigenvalue weighted by Crippen LogP contribution is 2.51. The number of rotatable bonds is 3. The van der Waals surface area contributed by atoms with Gasteiger partial charge in [-0.2, -0.15) is 17.6 Å². The Hall–Kier alpha value is -0.800. The summed E-state index contributed by atoms with van der Waals surface area (Å²) in [6, 6.07) is 0. The highest BCUT2D eigenvalue weighted by atomic mass is 19.3. The topological polar surface area (TPSA) is 0 Å². The summed E-state index contributed by atoms with van der Waals surface area (Å²) in [4.78, 5) is 0. The average Bonchev–Trinajstić information content (AvgIpc) is 2.71. The number of hydrogen-bond donors (Lipinski definition) is 0. The predicted octanol–water partition coefficient (Wildman–Crippen LogP) is 7.95. The van der Waals surface area contributed by atoms with Crippen molar-refractivity contribution in [1.29, 1.82) is 0 Å². The van der Waals surface area contributed by atoms with Gasteiger partial charge in [-0.05, 0) is 87.0 Å². The monoisotopic (exact) mass is 398 g/mol. The summed E-state index contributed by atoms with van der Waals surface area (Å²) >= 11 is 0. The molecule has 0 atom stereocenters. The Kier molecular flexibility index (Phi) is 5.95. The zero-order chi connectivity index (χ0) is 19.8. The van der Waals surface area contributed by atoms with Gasteiger partial charge in [0.15, 0.2) is 0 Å². The molecule has 3 saturated carbocycles. The van der Waals surface area contributed by atoms with E-state index in [2.05, 4.69) is 0 Å². The molecule has 28 heavy (non-hydrogen) atoms. The van der Waals surface area contributed by atoms with E-state index in [-0.39, 0.29) is 11.5 Å². The molecule has 4 heteroatoms. The summed E-state index contributed by atoms with van der Waals surface area (Å²) < 4.78 is 55.8. The standard InChI is InChI=1S/C24H34F4/c25-23(26)16-4-7-22(24(23,27)28)21-14-12-20(13-15-21)19-10-8-18(9-11-19)17-5-2-1-3-6-17/h4,7,16-21H,1-3,5-6,8-15H2. The quantitative estimate of drug-likeness (QED) is 0.423. The van der Waals surface area contributed by atoms with E-state index in [1.807, 2.05) is 0 Å². The first kappa shape index (κ1) is 20.5. The van der Waals surface area contributed by atoms with Gasteiger partial charge in [0.2, 0.25) is 0 Å². The molecular weight excluding hydrogens is 364 g/mol. The SMILES string of the molecule is FC1(F)C=CC=C(C2CCC(C3CCC(C4CCCCC4)CC3)CC2)C1(F)F. The Labute approximate surface area is 166 Å². The van der Waals surface area contributed by atoms with Crippen LogP contribution in [0.2, 0.25) is 0 Å². The normalized spacial score (nSPS) is 38.8. The number of halogens is 4. The molecule has 0 amide bonds. The fourth-order valence-corrected chi connectivity index (χ4v) is 6.66. The summed E-state index contributed by atoms with van der Waals surface area (Å²) in [7, 11) is 0. The summed E-state index contributed by atoms with van der Waals surface area (Å²) in [5, 5.41) is 0. The number of allylic oxidation sites excluding steroid dienone is 4. The van der Waals surface area contributed by atoms with Gasteiger partial charge in [0.1, 0.15) is 0 Å². The van der Waals surface area contributed by atoms with Gasteiger partial charge in [0.05, 0.1) is 0 Å². The minimum atomic E-state index is -4.05. The first-order valence-electron chi connectivity index (χ1n) is 11.5. The third-order valence-electron chi connectivity index (χ3n) is 8.37. The Bertz CT molecular complexity index is 584. The fourth-order valence-electron chi connectivity index (χ4n) is 6.66. The Morgan fingerprint density at radius 2 is 1.07 bits per heavy atom. The van der Waals surface area contributed by atoms with Crippen molar-refractivity contribution in [1.82, 2.24) is 0 Å². The molecule has 0 radical (unpaired) electrons. The van der Waals surface area contributed by atoms with Gasteiger partial charge >= 0.3 is 11.8 Å². The minimum Gasteiger partial charge on any atom is -0.195 e. The van der Waals surface area contributed by atoms with Crippen LogP contribution in [0, 0.1) is 29.6 Å². The smallest absolute Gasteiger partial charge is 0.195 e. The maximum atomic E-state index is 14.2. The summed E-state index contributed by atoms with van der Waals surface area (Å²) in [6.07, 6.45) is 18.1. The van der Waals surface area contributed by atoms with Crippen molar-refractivity contribution in [3.8, 4) is 0 Å². The van der Waals surface area contributed by atoms with Crippen molar-refractivity contribution in [2.75, 3.05) is 0 Å². The fraction of sp³-hybridized carbons (Fsp3) is 0.833. The minimum absolute atomic E-state index is 0.334. The average molecular weight is 399 g/mol. The van der Waals surface area contributed by atoms with E-state index < -0.39 is 11.8 Å². The van der Waals surface area contributed by atoms with E-state index >= 15 is 0 Å². The van der Waals surface area contributed by atoms with Crippen molar-refractivity contribution >= 4 is 0 Å². The second kappa shape index (κ2) is 8.14. The zero-order valence-electron chi connectivity index (χ0n) is 16.8. The molecule has 4 aliphatic rings. The van der Waals surface area contributed by atoms with Crippen LogP contribution in [0.1, 0.15) is 83.5 Å². The van der Waals surface area contributed by atoms with Gasteiger partial charge in [-0.3, -0.25) is 0 Å². The molecule has 0 aromatic rings. The van der Waals surface area contributed by atoms with Crippen LogP contribution in [0.3, 0.4) is 0 Å². The lowest BCUT2D eigenvalue weighted by Crippen LogP contribution is -2.44. The lowest BCUT2D eigenvalue weighted by Gasteiger charge is -2.42. The molecule has 0 aromatic carbocycles. The molecule has 0 saturated heterocycles. The highest BCUT2D eigenvalue weighted by Gasteiger charge is 2.59. The van der Waals surface area contributed by atoms with Crippen LogP contribution >= 0.6 is 0 Å². The van der Waals surface area contributed by atoms with E-state index in [9.17, 15) is 17.6 Å². The van der Waals surface area contributed by atoms with Crippen LogP contribution in [0.4, 0.5) is 17.6 Å². The maximum absolute atomic E-state index is 14.2. The van der Waals surface area contributed by atoms with Gasteiger partial charge in [0, 0.05) is 5.57 Å². The molecule has 0 aromatic heterocycles. The first-order chi connectivity index (χ1) is 13.4. The first-order valence-corrected chi connectivity index (χ1v) is 11.5. The number of alkyl halides is 4. The molecule has 0 unspecified atom stereocenters. The molecule has 4 rings (SSSR count). The van der Waals surface area contributed by atoms with Gasteiger partial charge in [-0.1, -0.05) is 44.3 Å². The third kappa shape index (κ3) is 3.94. The molecule has 158 valence electrons. The molecule has 0 nitrogen and oxygen atoms in total. The second-order valence-electron chi connectivity index (χ2n) is 9.86. The van der Waals surface area contributed by atoms with Crippen LogP contribution in [-0.2, 0) is 0 Å². The molecule has 4 aliphatic carbocycles. The lowest BCUT2D eigenvalue weighted by molar-refractivity contribution is -0.161. The van der Waals surface area contributed by atoms with E-state index in [4.69, 9.17) is 0 Å². The van der Waals surface area contributed by atoms with Crippen molar-refractivity contribution < 1.29 is 17.6 Å². The molecule has 0 bridgehead atoms. The van der Waals surface area contributed by atoms with Crippen molar-refractivity contribution in [2.24, 2.45) is 29.6 Å². The molecule has 3 fully saturated rings. The largest absolute Gasteiger partial charge is 0.335 e. The summed E-state index contributed by atoms with van der Waals surface area (Å²) in [5.41, 5.74) is -0.334. The maximum Gasteiger partial charge on any atom is 0.335 e. The summed E-state index contributed by atoms with van der Waals surface area (Å²) in [6.45, 7) is 0. The Balaban J connectivity index is 1.28. The number of hydrogen-bond acceptors (Lipinski definition) is 0. The molecular formula is C24H34F4. The summed E-state index contributed by atoms with van der Waals surface area (Å²) in [5.74, 6) is -5.28. The Morgan fingerprint density at radius 3 is 1.61 bits per heavy atom. The van der Waals surface area contributed by atoms with E-state index in [1.165, 1.54) is 63.9 Å². The predicted molar refractivity (Wildman–Crippen MR) is 105 cm³/mol. The van der Waals surface area contributed by atoms with Crippen LogP contribution in [0.15, 0.2) is 23.8 Å². The highest BCUT2D eigenvalue weighted by molar-refractivity contribution is 5.33. The van der Waals surface area contributed by atoms with Crippen molar-refractivity contribution in [2.45, 2.75) is 95.3 Å². The molecule has 0 aliphatic heterocycles. The van der Waals surface area contributed by atoms with E-state index in [0.717, 1.165) is 36.7 Å². The van der Waals surface area contributed by atoms with E-state index in [0.29, 0.717) is 24.8 Å². The third-order valence-corrected chi connectivity index (χ3v) is 8.37. The van der Waals surface area contributed by atoms with Crippen molar-refractivity contribution in [3.63, 3.8) is 0 Å². The van der Waals surface area contributed by atoms with Crippen LogP contribution in [-0.4, -0.2) is 11.8 Å². The second-order valence-corrected chi connectivity index (χ2v) is 9.86. The van der Waals surface area contributed by atoms with Gasteiger partial charge in [-0.25, -0.2) is 0 Å². The van der Waals surface area contributed by atoms with Gasteiger partial charge < -0.3 is 0 Å². The Morgan fingerprint density at radius 1 is 0.607 bits per heavy atom. The van der Waals surface area contributed by atoms with Crippen LogP contribution in [0.25, 0.3) is 0 Å². The molecule has 0 heterocycles. The van der Waals surface area contributed by atoms with Crippen LogP contribution < -0.4 is 0 Å². The molecule has 0 N–H and O–H groups in total. The van der Waals surface area contributed by atoms with Crippen LogP contribution in [0.5, 0.6) is 0 Å². The van der Waals surface area contributed by atoms with Crippen molar-refractivity contribution in [3.05, 3.63) is 23.8 Å². The van der Waals surface area contributed by atoms with Gasteiger partial charge in [0.25, 0.3) is 0 Å². The molecule has 0 spiro atoms. The van der Waals surface area contributed by atoms with E-state index in [1.54, 1.807) is 0 Å².